The highest BCUT2D eigenvalue weighted by Crippen LogP contribution is 2.16. The van der Waals surface area contributed by atoms with Gasteiger partial charge in [0.2, 0.25) is 0 Å². The number of halogens is 1. The highest BCUT2D eigenvalue weighted by molar-refractivity contribution is 5.19. The average molecular weight is 262 g/mol. The topological polar surface area (TPSA) is 42.4 Å². The van der Waals surface area contributed by atoms with Crippen molar-refractivity contribution in [2.75, 3.05) is 13.6 Å². The molecule has 2 aromatic rings. The van der Waals surface area contributed by atoms with Gasteiger partial charge in [-0.15, -0.1) is 0 Å². The van der Waals surface area contributed by atoms with Crippen LogP contribution in [0.15, 0.2) is 47.1 Å². The van der Waals surface area contributed by atoms with Crippen molar-refractivity contribution in [1.29, 1.82) is 0 Å². The smallest absolute Gasteiger partial charge is 0.123 e. The lowest BCUT2D eigenvalue weighted by Gasteiger charge is -2.18. The second-order valence-electron chi connectivity index (χ2n) is 4.77. The van der Waals surface area contributed by atoms with E-state index in [-0.39, 0.29) is 11.9 Å². The maximum Gasteiger partial charge on any atom is 0.123 e. The van der Waals surface area contributed by atoms with E-state index in [9.17, 15) is 4.39 Å². The Morgan fingerprint density at radius 1 is 1.32 bits per heavy atom. The predicted molar refractivity (Wildman–Crippen MR) is 73.0 cm³/mol. The van der Waals surface area contributed by atoms with E-state index in [4.69, 9.17) is 10.2 Å². The Kier molecular flexibility index (Phi) is 4.71. The minimum absolute atomic E-state index is 0.144. The van der Waals surface area contributed by atoms with Crippen LogP contribution in [0.3, 0.4) is 0 Å². The molecule has 1 unspecified atom stereocenters. The summed E-state index contributed by atoms with van der Waals surface area (Å²) < 4.78 is 18.4. The normalized spacial score (nSPS) is 12.8. The van der Waals surface area contributed by atoms with Crippen molar-refractivity contribution in [1.82, 2.24) is 4.90 Å². The first-order valence-electron chi connectivity index (χ1n) is 6.37. The second-order valence-corrected chi connectivity index (χ2v) is 4.77. The largest absolute Gasteiger partial charge is 0.468 e. The molecule has 0 radical (unpaired) electrons. The molecule has 0 aliphatic carbocycles. The summed E-state index contributed by atoms with van der Waals surface area (Å²) >= 11 is 0. The SMILES string of the molecule is CN(CCC(N)c1cccc(F)c1)Cc1ccco1. The fourth-order valence-corrected chi connectivity index (χ4v) is 2.01. The Labute approximate surface area is 112 Å². The summed E-state index contributed by atoms with van der Waals surface area (Å²) in [6.07, 6.45) is 2.45. The van der Waals surface area contributed by atoms with E-state index < -0.39 is 0 Å². The van der Waals surface area contributed by atoms with Crippen LogP contribution < -0.4 is 5.73 Å². The van der Waals surface area contributed by atoms with E-state index in [1.807, 2.05) is 25.2 Å². The highest BCUT2D eigenvalue weighted by atomic mass is 19.1. The van der Waals surface area contributed by atoms with Crippen molar-refractivity contribution < 1.29 is 8.81 Å². The number of nitrogens with zero attached hydrogens (tertiary/aromatic N) is 1. The molecule has 0 spiro atoms. The van der Waals surface area contributed by atoms with Crippen molar-refractivity contribution in [2.24, 2.45) is 5.73 Å². The standard InChI is InChI=1S/C15H19FN2O/c1-18(11-14-6-3-9-19-14)8-7-15(17)12-4-2-5-13(16)10-12/h2-6,9-10,15H,7-8,11,17H2,1H3. The van der Waals surface area contributed by atoms with Gasteiger partial charge in [0.1, 0.15) is 11.6 Å². The van der Waals surface area contributed by atoms with Crippen molar-refractivity contribution in [2.45, 2.75) is 19.0 Å². The summed E-state index contributed by atoms with van der Waals surface area (Å²) in [5.41, 5.74) is 6.91. The van der Waals surface area contributed by atoms with Crippen molar-refractivity contribution in [3.05, 3.63) is 59.8 Å². The summed E-state index contributed by atoms with van der Waals surface area (Å²) in [5, 5.41) is 0. The van der Waals surface area contributed by atoms with E-state index in [0.717, 1.165) is 30.8 Å². The minimum Gasteiger partial charge on any atom is -0.468 e. The maximum atomic E-state index is 13.1. The molecule has 0 saturated carbocycles. The van der Waals surface area contributed by atoms with Gasteiger partial charge >= 0.3 is 0 Å². The molecule has 19 heavy (non-hydrogen) atoms. The Bertz CT molecular complexity index is 499. The summed E-state index contributed by atoms with van der Waals surface area (Å²) in [6, 6.07) is 10.2. The lowest BCUT2D eigenvalue weighted by atomic mass is 10.0. The predicted octanol–water partition coefficient (Wildman–Crippen LogP) is 2.94. The molecule has 0 bridgehead atoms. The molecule has 1 aromatic heterocycles. The molecule has 0 fully saturated rings. The third-order valence-electron chi connectivity index (χ3n) is 3.10. The van der Waals surface area contributed by atoms with Gasteiger partial charge in [-0.05, 0) is 43.3 Å². The Morgan fingerprint density at radius 2 is 2.16 bits per heavy atom. The molecule has 0 aliphatic rings. The number of nitrogens with two attached hydrogens (primary N) is 1. The van der Waals surface area contributed by atoms with Crippen LogP contribution in [0.2, 0.25) is 0 Å². The van der Waals surface area contributed by atoms with Gasteiger partial charge in [0, 0.05) is 12.6 Å². The maximum absolute atomic E-state index is 13.1. The lowest BCUT2D eigenvalue weighted by molar-refractivity contribution is 0.284. The number of hydrogen-bond acceptors (Lipinski definition) is 3. The molecule has 3 nitrogen and oxygen atoms in total. The average Bonchev–Trinajstić information content (AvgIpc) is 2.88. The number of rotatable bonds is 6. The second kappa shape index (κ2) is 6.50. The Balaban J connectivity index is 1.81. The first-order chi connectivity index (χ1) is 9.15. The van der Waals surface area contributed by atoms with E-state index >= 15 is 0 Å². The van der Waals surface area contributed by atoms with Gasteiger partial charge in [0.25, 0.3) is 0 Å². The fourth-order valence-electron chi connectivity index (χ4n) is 2.01. The number of benzene rings is 1. The molecule has 1 heterocycles. The van der Waals surface area contributed by atoms with E-state index in [1.54, 1.807) is 12.3 Å². The monoisotopic (exact) mass is 262 g/mol. The number of furan rings is 1. The fraction of sp³-hybridized carbons (Fsp3) is 0.333. The van der Waals surface area contributed by atoms with Crippen LogP contribution >= 0.6 is 0 Å². The van der Waals surface area contributed by atoms with Crippen molar-refractivity contribution in [3.8, 4) is 0 Å². The van der Waals surface area contributed by atoms with Crippen molar-refractivity contribution >= 4 is 0 Å². The molecule has 1 atom stereocenters. The van der Waals surface area contributed by atoms with Gasteiger partial charge < -0.3 is 10.2 Å². The molecule has 0 amide bonds. The zero-order chi connectivity index (χ0) is 13.7. The molecule has 4 heteroatoms. The van der Waals surface area contributed by atoms with E-state index in [0.29, 0.717) is 0 Å². The van der Waals surface area contributed by atoms with Gasteiger partial charge in [-0.25, -0.2) is 4.39 Å². The van der Waals surface area contributed by atoms with E-state index in [2.05, 4.69) is 4.90 Å². The Hall–Kier alpha value is -1.65. The van der Waals surface area contributed by atoms with Crippen LogP contribution in [-0.4, -0.2) is 18.5 Å². The number of hydrogen-bond donors (Lipinski definition) is 1. The zero-order valence-electron chi connectivity index (χ0n) is 11.1. The van der Waals surface area contributed by atoms with Crippen LogP contribution in [0.25, 0.3) is 0 Å². The third kappa shape index (κ3) is 4.19. The van der Waals surface area contributed by atoms with Gasteiger partial charge in [-0.2, -0.15) is 0 Å². The van der Waals surface area contributed by atoms with E-state index in [1.165, 1.54) is 12.1 Å². The molecule has 2 N–H and O–H groups in total. The Morgan fingerprint density at radius 3 is 2.84 bits per heavy atom. The summed E-state index contributed by atoms with van der Waals surface area (Å²) in [6.45, 7) is 1.58. The molecule has 1 aromatic carbocycles. The summed E-state index contributed by atoms with van der Waals surface area (Å²) in [5.74, 6) is 0.693. The van der Waals surface area contributed by atoms with Crippen molar-refractivity contribution in [3.63, 3.8) is 0 Å². The first-order valence-corrected chi connectivity index (χ1v) is 6.37. The van der Waals surface area contributed by atoms with Crippen LogP contribution in [0, 0.1) is 5.82 Å². The van der Waals surface area contributed by atoms with Crippen LogP contribution in [0.5, 0.6) is 0 Å². The lowest BCUT2D eigenvalue weighted by Crippen LogP contribution is -2.23. The molecular weight excluding hydrogens is 243 g/mol. The molecular formula is C15H19FN2O. The van der Waals surface area contributed by atoms with Gasteiger partial charge in [0.05, 0.1) is 12.8 Å². The highest BCUT2D eigenvalue weighted by Gasteiger charge is 2.09. The van der Waals surface area contributed by atoms with Gasteiger partial charge in [-0.1, -0.05) is 12.1 Å². The minimum atomic E-state index is -0.239. The first kappa shape index (κ1) is 13.8. The molecule has 102 valence electrons. The molecule has 0 saturated heterocycles. The van der Waals surface area contributed by atoms with Gasteiger partial charge in [-0.3, -0.25) is 4.90 Å². The molecule has 2 rings (SSSR count). The molecule has 0 aliphatic heterocycles. The third-order valence-corrected chi connectivity index (χ3v) is 3.10. The summed E-state index contributed by atoms with van der Waals surface area (Å²) in [7, 11) is 2.01. The van der Waals surface area contributed by atoms with Crippen LogP contribution in [-0.2, 0) is 6.54 Å². The summed E-state index contributed by atoms with van der Waals surface area (Å²) in [4.78, 5) is 2.14. The van der Waals surface area contributed by atoms with Crippen LogP contribution in [0.1, 0.15) is 23.8 Å². The van der Waals surface area contributed by atoms with Crippen LogP contribution in [0.4, 0.5) is 4.39 Å². The quantitative estimate of drug-likeness (QED) is 0.870. The van der Waals surface area contributed by atoms with Gasteiger partial charge in [0.15, 0.2) is 0 Å². The zero-order valence-corrected chi connectivity index (χ0v) is 11.1.